The van der Waals surface area contributed by atoms with Crippen LogP contribution in [0.2, 0.25) is 0 Å². The molecule has 4 nitrogen and oxygen atoms in total. The summed E-state index contributed by atoms with van der Waals surface area (Å²) in [6.45, 7) is 0. The predicted octanol–water partition coefficient (Wildman–Crippen LogP) is 0.659. The zero-order valence-electron chi connectivity index (χ0n) is 7.08. The minimum absolute atomic E-state index is 0.344. The third kappa shape index (κ3) is 1.77. The van der Waals surface area contributed by atoms with Gasteiger partial charge >= 0.3 is 0 Å². The summed E-state index contributed by atoms with van der Waals surface area (Å²) in [6.07, 6.45) is 1.43. The van der Waals surface area contributed by atoms with E-state index in [-0.39, 0.29) is 0 Å². The van der Waals surface area contributed by atoms with Crippen LogP contribution in [0.5, 0.6) is 0 Å². The van der Waals surface area contributed by atoms with Crippen LogP contribution in [0.25, 0.3) is 11.0 Å². The van der Waals surface area contributed by atoms with Crippen LogP contribution in [-0.2, 0) is 10.3 Å². The van der Waals surface area contributed by atoms with Crippen LogP contribution >= 0.6 is 0 Å². The van der Waals surface area contributed by atoms with E-state index in [0.717, 1.165) is 10.9 Å². The lowest BCUT2D eigenvalue weighted by Crippen LogP contribution is -1.91. The molecule has 0 radical (unpaired) electrons. The Morgan fingerprint density at radius 2 is 1.86 bits per heavy atom. The molecular weight excluding hydrogens is 200 g/mol. The largest absolute Gasteiger partial charge is 0.252 e. The van der Waals surface area contributed by atoms with Crippen LogP contribution in [0.15, 0.2) is 30.5 Å². The lowest BCUT2D eigenvalue weighted by Gasteiger charge is -1.95. The Balaban J connectivity index is 2.68. The van der Waals surface area contributed by atoms with E-state index in [1.54, 1.807) is 6.07 Å². The van der Waals surface area contributed by atoms with Crippen LogP contribution in [0.3, 0.4) is 0 Å². The molecule has 0 aliphatic rings. The van der Waals surface area contributed by atoms with Gasteiger partial charge in [0.1, 0.15) is 0 Å². The molecule has 1 aromatic carbocycles. The standard InChI is InChI=1S/C9H6N2O2S/c12-14(13)6-7-5-10-8-3-1-2-4-9(8)11-7/h1-6H. The molecular formula is C9H6N2O2S. The molecule has 0 spiro atoms. The highest BCUT2D eigenvalue weighted by Gasteiger charge is 1.96. The first-order chi connectivity index (χ1) is 6.75. The number of hydrogen-bond acceptors (Lipinski definition) is 4. The Hall–Kier alpha value is -1.75. The number of benzene rings is 1. The van der Waals surface area contributed by atoms with Gasteiger partial charge in [-0.1, -0.05) is 12.1 Å². The van der Waals surface area contributed by atoms with Crippen molar-refractivity contribution in [2.45, 2.75) is 0 Å². The van der Waals surface area contributed by atoms with Gasteiger partial charge in [-0.05, 0) is 12.1 Å². The Morgan fingerprint density at radius 1 is 1.14 bits per heavy atom. The fraction of sp³-hybridized carbons (Fsp3) is 0. The third-order valence-electron chi connectivity index (χ3n) is 1.68. The Labute approximate surface area is 81.8 Å². The maximum absolute atomic E-state index is 10.4. The molecule has 0 saturated heterocycles. The van der Waals surface area contributed by atoms with E-state index in [4.69, 9.17) is 0 Å². The molecule has 70 valence electrons. The third-order valence-corrected chi connectivity index (χ3v) is 2.12. The van der Waals surface area contributed by atoms with Crippen molar-refractivity contribution in [2.24, 2.45) is 0 Å². The van der Waals surface area contributed by atoms with Gasteiger partial charge in [0.15, 0.2) is 0 Å². The average molecular weight is 206 g/mol. The summed E-state index contributed by atoms with van der Waals surface area (Å²) in [5.41, 5.74) is 1.78. The molecule has 0 aliphatic heterocycles. The van der Waals surface area contributed by atoms with Crippen LogP contribution < -0.4 is 0 Å². The second kappa shape index (κ2) is 3.55. The zero-order chi connectivity index (χ0) is 9.97. The molecule has 14 heavy (non-hydrogen) atoms. The molecule has 0 fully saturated rings. The number of para-hydroxylation sites is 2. The Morgan fingerprint density at radius 3 is 2.57 bits per heavy atom. The van der Waals surface area contributed by atoms with Gasteiger partial charge in [-0.2, -0.15) is 8.42 Å². The fourth-order valence-electron chi connectivity index (χ4n) is 1.13. The van der Waals surface area contributed by atoms with E-state index in [2.05, 4.69) is 9.97 Å². The highest BCUT2D eigenvalue weighted by Crippen LogP contribution is 2.06. The SMILES string of the molecule is O=S(=O)=Cc1cnc2ccccc2n1. The molecule has 0 aliphatic carbocycles. The van der Waals surface area contributed by atoms with Crippen molar-refractivity contribution < 1.29 is 8.42 Å². The second-order valence-corrected chi connectivity index (χ2v) is 3.42. The highest BCUT2D eigenvalue weighted by molar-refractivity contribution is 7.71. The minimum Gasteiger partial charge on any atom is -0.252 e. The molecule has 2 aromatic rings. The van der Waals surface area contributed by atoms with E-state index >= 15 is 0 Å². The number of rotatable bonds is 1. The van der Waals surface area contributed by atoms with Crippen molar-refractivity contribution in [3.05, 3.63) is 36.2 Å². The van der Waals surface area contributed by atoms with E-state index in [0.29, 0.717) is 11.2 Å². The monoisotopic (exact) mass is 206 g/mol. The molecule has 0 atom stereocenters. The van der Waals surface area contributed by atoms with Gasteiger partial charge in [0.05, 0.1) is 28.3 Å². The molecule has 0 unspecified atom stereocenters. The Kier molecular flexibility index (Phi) is 2.24. The summed E-state index contributed by atoms with van der Waals surface area (Å²) >= 11 is 0. The predicted molar refractivity (Wildman–Crippen MR) is 53.6 cm³/mol. The summed E-state index contributed by atoms with van der Waals surface area (Å²) in [4.78, 5) is 8.17. The summed E-state index contributed by atoms with van der Waals surface area (Å²) in [6, 6.07) is 7.29. The van der Waals surface area contributed by atoms with Crippen molar-refractivity contribution in [1.82, 2.24) is 9.97 Å². The van der Waals surface area contributed by atoms with Gasteiger partial charge in [0.25, 0.3) is 0 Å². The maximum atomic E-state index is 10.4. The quantitative estimate of drug-likeness (QED) is 0.643. The van der Waals surface area contributed by atoms with E-state index in [1.807, 2.05) is 18.2 Å². The second-order valence-electron chi connectivity index (χ2n) is 2.66. The van der Waals surface area contributed by atoms with Crippen molar-refractivity contribution in [3.8, 4) is 0 Å². The van der Waals surface area contributed by atoms with Gasteiger partial charge < -0.3 is 0 Å². The van der Waals surface area contributed by atoms with Crippen LogP contribution in [0.4, 0.5) is 0 Å². The summed E-state index contributed by atoms with van der Waals surface area (Å²) in [5.74, 6) is 0. The summed E-state index contributed by atoms with van der Waals surface area (Å²) in [7, 11) is -2.24. The average Bonchev–Trinajstić information content (AvgIpc) is 2.17. The fourth-order valence-corrected chi connectivity index (χ4v) is 1.44. The van der Waals surface area contributed by atoms with Gasteiger partial charge in [-0.15, -0.1) is 0 Å². The molecule has 0 N–H and O–H groups in total. The molecule has 0 saturated carbocycles. The van der Waals surface area contributed by atoms with Gasteiger partial charge in [-0.25, -0.2) is 4.98 Å². The molecule has 1 aromatic heterocycles. The van der Waals surface area contributed by atoms with Crippen molar-refractivity contribution in [2.75, 3.05) is 0 Å². The summed E-state index contributed by atoms with van der Waals surface area (Å²) in [5, 5.41) is 1.03. The van der Waals surface area contributed by atoms with Gasteiger partial charge in [-0.3, -0.25) is 4.98 Å². The van der Waals surface area contributed by atoms with E-state index in [1.165, 1.54) is 6.20 Å². The first-order valence-electron chi connectivity index (χ1n) is 3.90. The first kappa shape index (κ1) is 8.83. The van der Waals surface area contributed by atoms with Crippen molar-refractivity contribution in [3.63, 3.8) is 0 Å². The molecule has 5 heteroatoms. The first-order valence-corrected chi connectivity index (χ1v) is 5.04. The normalized spacial score (nSPS) is 10.0. The van der Waals surface area contributed by atoms with Gasteiger partial charge in [0.2, 0.25) is 10.3 Å². The topological polar surface area (TPSA) is 59.9 Å². The lowest BCUT2D eigenvalue weighted by atomic mass is 10.3. The van der Waals surface area contributed by atoms with Crippen LogP contribution in [-0.4, -0.2) is 23.8 Å². The van der Waals surface area contributed by atoms with Crippen LogP contribution in [0.1, 0.15) is 5.69 Å². The highest BCUT2D eigenvalue weighted by atomic mass is 32.2. The van der Waals surface area contributed by atoms with E-state index < -0.39 is 10.3 Å². The van der Waals surface area contributed by atoms with Crippen LogP contribution in [0, 0.1) is 0 Å². The van der Waals surface area contributed by atoms with Gasteiger partial charge in [0, 0.05) is 0 Å². The number of hydrogen-bond donors (Lipinski definition) is 0. The maximum Gasteiger partial charge on any atom is 0.216 e. The Bertz CT molecular complexity index is 597. The number of nitrogens with zero attached hydrogens (tertiary/aromatic N) is 2. The van der Waals surface area contributed by atoms with Crippen molar-refractivity contribution in [1.29, 1.82) is 0 Å². The lowest BCUT2D eigenvalue weighted by molar-refractivity contribution is 0.627. The molecule has 0 amide bonds. The number of aromatic nitrogens is 2. The van der Waals surface area contributed by atoms with Crippen molar-refractivity contribution >= 4 is 26.7 Å². The smallest absolute Gasteiger partial charge is 0.216 e. The molecule has 2 rings (SSSR count). The summed E-state index contributed by atoms with van der Waals surface area (Å²) < 4.78 is 20.8. The zero-order valence-corrected chi connectivity index (χ0v) is 7.90. The molecule has 0 bridgehead atoms. The number of fused-ring (bicyclic) bond motifs is 1. The minimum atomic E-state index is -2.24. The molecule has 1 heterocycles. The van der Waals surface area contributed by atoms with E-state index in [9.17, 15) is 8.42 Å².